The second-order valence-electron chi connectivity index (χ2n) is 4.70. The molecule has 0 radical (unpaired) electrons. The van der Waals surface area contributed by atoms with Crippen molar-refractivity contribution in [2.24, 2.45) is 0 Å². The summed E-state index contributed by atoms with van der Waals surface area (Å²) in [7, 11) is -3.26. The van der Waals surface area contributed by atoms with E-state index in [-0.39, 0.29) is 5.54 Å². The number of hydrogen-bond donors (Lipinski definition) is 2. The third-order valence-corrected chi connectivity index (χ3v) is 4.94. The van der Waals surface area contributed by atoms with Gasteiger partial charge >= 0.3 is 0 Å². The molecule has 5 nitrogen and oxygen atoms in total. The number of hydrogen-bond acceptors (Lipinski definition) is 3. The van der Waals surface area contributed by atoms with E-state index in [2.05, 4.69) is 10.0 Å². The van der Waals surface area contributed by atoms with Crippen LogP contribution in [0.3, 0.4) is 0 Å². The third kappa shape index (κ3) is 2.50. The smallest absolute Gasteiger partial charge is 0.279 e. The van der Waals surface area contributed by atoms with Crippen molar-refractivity contribution in [3.8, 4) is 0 Å². The Morgan fingerprint density at radius 2 is 2.00 bits per heavy atom. The quantitative estimate of drug-likeness (QED) is 0.701. The molecule has 0 bridgehead atoms. The van der Waals surface area contributed by atoms with Gasteiger partial charge in [0, 0.05) is 25.2 Å². The second-order valence-corrected chi connectivity index (χ2v) is 6.37. The van der Waals surface area contributed by atoms with Crippen molar-refractivity contribution in [2.75, 3.05) is 26.2 Å². The number of nitrogens with zero attached hydrogens (tertiary/aromatic N) is 1. The van der Waals surface area contributed by atoms with Crippen molar-refractivity contribution in [3.63, 3.8) is 0 Å². The van der Waals surface area contributed by atoms with E-state index in [0.29, 0.717) is 13.1 Å². The molecule has 2 heterocycles. The average molecular weight is 233 g/mol. The molecule has 0 aromatic rings. The van der Waals surface area contributed by atoms with Gasteiger partial charge in [-0.25, -0.2) is 0 Å². The average Bonchev–Trinajstić information content (AvgIpc) is 2.73. The first-order valence-electron chi connectivity index (χ1n) is 5.52. The Morgan fingerprint density at radius 1 is 1.33 bits per heavy atom. The summed E-state index contributed by atoms with van der Waals surface area (Å²) in [6.45, 7) is 4.90. The highest BCUT2D eigenvalue weighted by molar-refractivity contribution is 7.87. The van der Waals surface area contributed by atoms with Crippen LogP contribution in [0, 0.1) is 0 Å². The molecule has 0 saturated carbocycles. The highest BCUT2D eigenvalue weighted by Crippen LogP contribution is 2.18. The van der Waals surface area contributed by atoms with Crippen molar-refractivity contribution in [1.82, 2.24) is 14.3 Å². The Kier molecular flexibility index (Phi) is 3.03. The van der Waals surface area contributed by atoms with Crippen LogP contribution >= 0.6 is 0 Å². The molecule has 1 unspecified atom stereocenters. The Balaban J connectivity index is 2.03. The largest absolute Gasteiger partial charge is 0.315 e. The van der Waals surface area contributed by atoms with Crippen LogP contribution in [0.15, 0.2) is 0 Å². The molecule has 2 rings (SSSR count). The van der Waals surface area contributed by atoms with Gasteiger partial charge in [-0.05, 0) is 32.7 Å². The lowest BCUT2D eigenvalue weighted by Crippen LogP contribution is -2.52. The SMILES string of the molecule is CC1(NS(=O)(=O)N2CCCC2)CCNC1. The molecule has 6 heteroatoms. The number of rotatable bonds is 3. The summed E-state index contributed by atoms with van der Waals surface area (Å²) in [4.78, 5) is 0. The topological polar surface area (TPSA) is 61.4 Å². The minimum Gasteiger partial charge on any atom is -0.315 e. The summed E-state index contributed by atoms with van der Waals surface area (Å²) in [6.07, 6.45) is 2.83. The second kappa shape index (κ2) is 4.01. The van der Waals surface area contributed by atoms with E-state index in [0.717, 1.165) is 32.4 Å². The van der Waals surface area contributed by atoms with E-state index >= 15 is 0 Å². The fourth-order valence-corrected chi connectivity index (χ4v) is 3.87. The monoisotopic (exact) mass is 233 g/mol. The van der Waals surface area contributed by atoms with Gasteiger partial charge in [-0.15, -0.1) is 0 Å². The molecule has 2 aliphatic heterocycles. The summed E-state index contributed by atoms with van der Waals surface area (Å²) in [5.74, 6) is 0. The minimum absolute atomic E-state index is 0.304. The van der Waals surface area contributed by atoms with E-state index < -0.39 is 10.2 Å². The minimum atomic E-state index is -3.26. The third-order valence-electron chi connectivity index (χ3n) is 3.15. The molecule has 2 N–H and O–H groups in total. The molecule has 1 atom stereocenters. The fraction of sp³-hybridized carbons (Fsp3) is 1.00. The highest BCUT2D eigenvalue weighted by atomic mass is 32.2. The van der Waals surface area contributed by atoms with Gasteiger partial charge in [0.15, 0.2) is 0 Å². The molecule has 0 spiro atoms. The van der Waals surface area contributed by atoms with Gasteiger partial charge in [0.25, 0.3) is 10.2 Å². The molecule has 0 aromatic carbocycles. The van der Waals surface area contributed by atoms with Crippen LogP contribution in [0.5, 0.6) is 0 Å². The van der Waals surface area contributed by atoms with Crippen molar-refractivity contribution in [1.29, 1.82) is 0 Å². The molecule has 0 aromatic heterocycles. The highest BCUT2D eigenvalue weighted by Gasteiger charge is 2.36. The van der Waals surface area contributed by atoms with Crippen molar-refractivity contribution < 1.29 is 8.42 Å². The maximum atomic E-state index is 12.0. The van der Waals surface area contributed by atoms with Gasteiger partial charge in [0.2, 0.25) is 0 Å². The number of nitrogens with one attached hydrogen (secondary N) is 2. The zero-order valence-corrected chi connectivity index (χ0v) is 9.94. The molecule has 2 aliphatic rings. The van der Waals surface area contributed by atoms with Gasteiger partial charge in [0.1, 0.15) is 0 Å². The van der Waals surface area contributed by atoms with Gasteiger partial charge in [-0.1, -0.05) is 0 Å². The van der Waals surface area contributed by atoms with Crippen LogP contribution in [0.25, 0.3) is 0 Å². The lowest BCUT2D eigenvalue weighted by atomic mass is 10.0. The van der Waals surface area contributed by atoms with Crippen LogP contribution in [0.1, 0.15) is 26.2 Å². The summed E-state index contributed by atoms with van der Waals surface area (Å²) in [5, 5.41) is 3.18. The molecule has 0 aliphatic carbocycles. The Bertz CT molecular complexity index is 316. The van der Waals surface area contributed by atoms with E-state index in [1.54, 1.807) is 4.31 Å². The van der Waals surface area contributed by atoms with Gasteiger partial charge < -0.3 is 5.32 Å². The first-order chi connectivity index (χ1) is 7.02. The molecule has 15 heavy (non-hydrogen) atoms. The van der Waals surface area contributed by atoms with Crippen LogP contribution in [0.2, 0.25) is 0 Å². The molecular formula is C9H19N3O2S. The first kappa shape index (κ1) is 11.3. The van der Waals surface area contributed by atoms with E-state index in [1.807, 2.05) is 6.92 Å². The Morgan fingerprint density at radius 3 is 2.53 bits per heavy atom. The standard InChI is InChI=1S/C9H19N3O2S/c1-9(4-5-10-8-9)11-15(13,14)12-6-2-3-7-12/h10-11H,2-8H2,1H3. The summed E-state index contributed by atoms with van der Waals surface area (Å²) in [6, 6.07) is 0. The maximum absolute atomic E-state index is 12.0. The van der Waals surface area contributed by atoms with Crippen molar-refractivity contribution in [2.45, 2.75) is 31.7 Å². The summed E-state index contributed by atoms with van der Waals surface area (Å²) in [5.41, 5.74) is -0.304. The van der Waals surface area contributed by atoms with Crippen LogP contribution in [0.4, 0.5) is 0 Å². The van der Waals surface area contributed by atoms with Crippen molar-refractivity contribution in [3.05, 3.63) is 0 Å². The lowest BCUT2D eigenvalue weighted by molar-refractivity contribution is 0.408. The van der Waals surface area contributed by atoms with Gasteiger partial charge in [-0.3, -0.25) is 0 Å². The molecular weight excluding hydrogens is 214 g/mol. The Labute approximate surface area is 91.4 Å². The normalized spacial score (nSPS) is 33.7. The first-order valence-corrected chi connectivity index (χ1v) is 6.96. The molecule has 0 amide bonds. The predicted octanol–water partition coefficient (Wildman–Crippen LogP) is -0.331. The summed E-state index contributed by atoms with van der Waals surface area (Å²) < 4.78 is 28.3. The van der Waals surface area contributed by atoms with Crippen molar-refractivity contribution >= 4 is 10.2 Å². The maximum Gasteiger partial charge on any atom is 0.279 e. The molecule has 2 saturated heterocycles. The Hall–Kier alpha value is -0.170. The predicted molar refractivity (Wildman–Crippen MR) is 58.8 cm³/mol. The lowest BCUT2D eigenvalue weighted by Gasteiger charge is -2.27. The van der Waals surface area contributed by atoms with Gasteiger partial charge in [0.05, 0.1) is 0 Å². The summed E-state index contributed by atoms with van der Waals surface area (Å²) >= 11 is 0. The van der Waals surface area contributed by atoms with E-state index in [1.165, 1.54) is 0 Å². The zero-order valence-electron chi connectivity index (χ0n) is 9.12. The zero-order chi connectivity index (χ0) is 10.9. The molecule has 2 fully saturated rings. The molecule has 88 valence electrons. The van der Waals surface area contributed by atoms with Crippen LogP contribution in [-0.2, 0) is 10.2 Å². The van der Waals surface area contributed by atoms with Crippen LogP contribution < -0.4 is 10.0 Å². The van der Waals surface area contributed by atoms with E-state index in [4.69, 9.17) is 0 Å². The van der Waals surface area contributed by atoms with Gasteiger partial charge in [-0.2, -0.15) is 17.4 Å². The van der Waals surface area contributed by atoms with E-state index in [9.17, 15) is 8.42 Å². The fourth-order valence-electron chi connectivity index (χ4n) is 2.21. The van der Waals surface area contributed by atoms with Crippen LogP contribution in [-0.4, -0.2) is 44.4 Å².